The molecule has 4 aliphatic rings. The van der Waals surface area contributed by atoms with Crippen LogP contribution in [-0.2, 0) is 34.0 Å². The SMILES string of the molecule is O=C(OC1CN2CCC1CC2)C1(c2cccc(C(F)(F)F)c2)Cc2ccccc2C1. The Kier molecular flexibility index (Phi) is 4.65. The second-order valence-corrected chi connectivity index (χ2v) is 8.86. The van der Waals surface area contributed by atoms with Crippen molar-refractivity contribution in [3.05, 3.63) is 70.8 Å². The minimum absolute atomic E-state index is 0.175. The van der Waals surface area contributed by atoms with Gasteiger partial charge in [-0.05, 0) is 67.4 Å². The third-order valence-corrected chi connectivity index (χ3v) is 7.09. The van der Waals surface area contributed by atoms with E-state index in [1.165, 1.54) is 6.07 Å². The van der Waals surface area contributed by atoms with Crippen LogP contribution < -0.4 is 0 Å². The molecule has 0 N–H and O–H groups in total. The average Bonchev–Trinajstić information content (AvgIpc) is 3.15. The van der Waals surface area contributed by atoms with E-state index >= 15 is 0 Å². The van der Waals surface area contributed by atoms with Gasteiger partial charge in [0, 0.05) is 6.54 Å². The molecule has 2 aromatic carbocycles. The lowest BCUT2D eigenvalue weighted by Crippen LogP contribution is -2.53. The minimum atomic E-state index is -4.46. The number of esters is 1. The number of rotatable bonds is 3. The molecule has 0 spiro atoms. The zero-order valence-corrected chi connectivity index (χ0v) is 16.6. The Morgan fingerprint density at radius 1 is 1.00 bits per heavy atom. The van der Waals surface area contributed by atoms with E-state index in [0.29, 0.717) is 24.3 Å². The van der Waals surface area contributed by atoms with E-state index in [4.69, 9.17) is 4.74 Å². The van der Waals surface area contributed by atoms with Crippen molar-refractivity contribution in [1.82, 2.24) is 4.90 Å². The number of benzene rings is 2. The zero-order valence-electron chi connectivity index (χ0n) is 16.6. The molecule has 3 saturated heterocycles. The summed E-state index contributed by atoms with van der Waals surface area (Å²) in [6, 6.07) is 12.9. The summed E-state index contributed by atoms with van der Waals surface area (Å²) in [6.07, 6.45) is -1.88. The zero-order chi connectivity index (χ0) is 20.9. The number of hydrogen-bond acceptors (Lipinski definition) is 3. The molecule has 3 aliphatic heterocycles. The lowest BCUT2D eigenvalue weighted by molar-refractivity contribution is -0.165. The summed E-state index contributed by atoms with van der Waals surface area (Å²) < 4.78 is 46.3. The molecule has 2 bridgehead atoms. The summed E-state index contributed by atoms with van der Waals surface area (Å²) in [4.78, 5) is 15.9. The summed E-state index contributed by atoms with van der Waals surface area (Å²) in [6.45, 7) is 2.79. The molecule has 0 aromatic heterocycles. The lowest BCUT2D eigenvalue weighted by atomic mass is 9.76. The molecule has 30 heavy (non-hydrogen) atoms. The molecule has 1 unspecified atom stereocenters. The van der Waals surface area contributed by atoms with Crippen LogP contribution in [0.15, 0.2) is 48.5 Å². The number of hydrogen-bond donors (Lipinski definition) is 0. The molecule has 3 nitrogen and oxygen atoms in total. The summed E-state index contributed by atoms with van der Waals surface area (Å²) in [5, 5.41) is 0. The topological polar surface area (TPSA) is 29.5 Å². The van der Waals surface area contributed by atoms with Crippen LogP contribution >= 0.6 is 0 Å². The van der Waals surface area contributed by atoms with Crippen molar-refractivity contribution in [2.45, 2.75) is 43.4 Å². The number of alkyl halides is 3. The van der Waals surface area contributed by atoms with Gasteiger partial charge in [-0.3, -0.25) is 9.69 Å². The van der Waals surface area contributed by atoms with Crippen molar-refractivity contribution in [3.63, 3.8) is 0 Å². The van der Waals surface area contributed by atoms with Crippen molar-refractivity contribution in [2.24, 2.45) is 5.92 Å². The fourth-order valence-corrected chi connectivity index (χ4v) is 5.37. The number of fused-ring (bicyclic) bond motifs is 4. The number of ether oxygens (including phenoxy) is 1. The summed E-state index contributed by atoms with van der Waals surface area (Å²) in [5.74, 6) is -0.0435. The van der Waals surface area contributed by atoms with Gasteiger partial charge in [0.05, 0.1) is 5.56 Å². The largest absolute Gasteiger partial charge is 0.460 e. The monoisotopic (exact) mass is 415 g/mol. The Morgan fingerprint density at radius 2 is 1.67 bits per heavy atom. The highest BCUT2D eigenvalue weighted by atomic mass is 19.4. The van der Waals surface area contributed by atoms with Crippen molar-refractivity contribution in [1.29, 1.82) is 0 Å². The number of piperidine rings is 3. The summed E-state index contributed by atoms with van der Waals surface area (Å²) >= 11 is 0. The van der Waals surface area contributed by atoms with Crippen LogP contribution in [-0.4, -0.2) is 36.6 Å². The van der Waals surface area contributed by atoms with E-state index < -0.39 is 23.1 Å². The fourth-order valence-electron chi connectivity index (χ4n) is 5.37. The molecule has 3 fully saturated rings. The molecule has 158 valence electrons. The maximum absolute atomic E-state index is 13.6. The molecule has 6 heteroatoms. The second kappa shape index (κ2) is 7.12. The van der Waals surface area contributed by atoms with E-state index in [9.17, 15) is 18.0 Å². The van der Waals surface area contributed by atoms with Gasteiger partial charge in [0.15, 0.2) is 0 Å². The van der Waals surface area contributed by atoms with Gasteiger partial charge in [-0.25, -0.2) is 0 Å². The van der Waals surface area contributed by atoms with Crippen molar-refractivity contribution in [3.8, 4) is 0 Å². The Balaban J connectivity index is 1.51. The Hall–Kier alpha value is -2.34. The molecular weight excluding hydrogens is 391 g/mol. The normalized spacial score (nSPS) is 27.0. The average molecular weight is 415 g/mol. The van der Waals surface area contributed by atoms with Gasteiger partial charge in [0.25, 0.3) is 0 Å². The predicted molar refractivity (Wildman–Crippen MR) is 106 cm³/mol. The maximum Gasteiger partial charge on any atom is 0.416 e. The molecule has 1 aliphatic carbocycles. The summed E-state index contributed by atoms with van der Waals surface area (Å²) in [7, 11) is 0. The highest BCUT2D eigenvalue weighted by Crippen LogP contribution is 2.43. The smallest absolute Gasteiger partial charge is 0.416 e. The van der Waals surface area contributed by atoms with Gasteiger partial charge >= 0.3 is 12.1 Å². The first kappa shape index (κ1) is 19.6. The number of carbonyl (C=O) groups is 1. The van der Waals surface area contributed by atoms with E-state index in [-0.39, 0.29) is 6.10 Å². The Bertz CT molecular complexity index is 938. The van der Waals surface area contributed by atoms with E-state index in [2.05, 4.69) is 4.90 Å². The highest BCUT2D eigenvalue weighted by Gasteiger charge is 2.49. The van der Waals surface area contributed by atoms with E-state index in [1.54, 1.807) is 6.07 Å². The van der Waals surface area contributed by atoms with Crippen LogP contribution in [0.3, 0.4) is 0 Å². The first-order valence-corrected chi connectivity index (χ1v) is 10.5. The molecule has 6 rings (SSSR count). The molecule has 0 saturated carbocycles. The minimum Gasteiger partial charge on any atom is -0.460 e. The molecule has 3 heterocycles. The van der Waals surface area contributed by atoms with Crippen molar-refractivity contribution >= 4 is 5.97 Å². The Morgan fingerprint density at radius 3 is 2.23 bits per heavy atom. The quantitative estimate of drug-likeness (QED) is 0.697. The van der Waals surface area contributed by atoms with Gasteiger partial charge in [-0.15, -0.1) is 0 Å². The van der Waals surface area contributed by atoms with Crippen LogP contribution in [0.2, 0.25) is 0 Å². The third-order valence-electron chi connectivity index (χ3n) is 7.09. The predicted octanol–water partition coefficient (Wildman–Crippen LogP) is 4.38. The lowest BCUT2D eigenvalue weighted by Gasteiger charge is -2.45. The van der Waals surface area contributed by atoms with Crippen LogP contribution in [0.5, 0.6) is 0 Å². The molecular formula is C24H24F3NO2. The molecule has 2 aromatic rings. The standard InChI is InChI=1S/C24H24F3NO2/c25-24(26,27)20-7-3-6-19(12-20)23(13-17-4-1-2-5-18(17)14-23)22(29)30-21-15-28-10-8-16(21)9-11-28/h1-7,12,16,21H,8-11,13-15H2. The number of nitrogens with zero attached hydrogens (tertiary/aromatic N) is 1. The first-order valence-electron chi connectivity index (χ1n) is 10.5. The third kappa shape index (κ3) is 3.31. The van der Waals surface area contributed by atoms with E-state index in [0.717, 1.165) is 55.7 Å². The Labute approximate surface area is 173 Å². The second-order valence-electron chi connectivity index (χ2n) is 8.86. The van der Waals surface area contributed by atoms with Gasteiger partial charge in [-0.1, -0.05) is 42.5 Å². The van der Waals surface area contributed by atoms with Crippen LogP contribution in [0.25, 0.3) is 0 Å². The number of carbonyl (C=O) groups excluding carboxylic acids is 1. The molecule has 1 atom stereocenters. The van der Waals surface area contributed by atoms with Gasteiger partial charge in [0.1, 0.15) is 11.5 Å². The van der Waals surface area contributed by atoms with Gasteiger partial charge in [0.2, 0.25) is 0 Å². The summed E-state index contributed by atoms with van der Waals surface area (Å²) in [5.41, 5.74) is 0.545. The number of halogens is 3. The van der Waals surface area contributed by atoms with Gasteiger partial charge < -0.3 is 4.74 Å². The van der Waals surface area contributed by atoms with Crippen LogP contribution in [0.4, 0.5) is 13.2 Å². The van der Waals surface area contributed by atoms with Crippen molar-refractivity contribution < 1.29 is 22.7 Å². The van der Waals surface area contributed by atoms with Crippen LogP contribution in [0.1, 0.15) is 35.1 Å². The maximum atomic E-state index is 13.6. The van der Waals surface area contributed by atoms with Crippen LogP contribution in [0, 0.1) is 5.92 Å². The first-order chi connectivity index (χ1) is 14.3. The highest BCUT2D eigenvalue weighted by molar-refractivity contribution is 5.86. The molecule has 0 amide bonds. The fraction of sp³-hybridized carbons (Fsp3) is 0.458. The van der Waals surface area contributed by atoms with Gasteiger partial charge in [-0.2, -0.15) is 13.2 Å². The molecule has 0 radical (unpaired) electrons. The van der Waals surface area contributed by atoms with Crippen molar-refractivity contribution in [2.75, 3.05) is 19.6 Å². The van der Waals surface area contributed by atoms with E-state index in [1.807, 2.05) is 24.3 Å².